The molecule has 2 amide bonds. The quantitative estimate of drug-likeness (QED) is 0.242. The molecule has 3 aromatic carbocycles. The van der Waals surface area contributed by atoms with E-state index in [0.717, 1.165) is 51.8 Å². The Labute approximate surface area is 279 Å². The minimum absolute atomic E-state index is 0.0641. The summed E-state index contributed by atoms with van der Waals surface area (Å²) in [4.78, 5) is 27.5. The van der Waals surface area contributed by atoms with E-state index in [1.807, 2.05) is 56.3 Å². The lowest BCUT2D eigenvalue weighted by molar-refractivity contribution is -0.131. The van der Waals surface area contributed by atoms with Crippen molar-refractivity contribution in [3.8, 4) is 17.5 Å². The first-order chi connectivity index (χ1) is 23.1. The average Bonchev–Trinajstić information content (AvgIpc) is 3.51. The molecule has 0 spiro atoms. The molecule has 1 saturated heterocycles. The maximum absolute atomic E-state index is 13.4. The molecule has 3 unspecified atom stereocenters. The summed E-state index contributed by atoms with van der Waals surface area (Å²) in [5, 5.41) is 22.4. The number of nitrogens with zero attached hydrogens (tertiary/aromatic N) is 4. The zero-order valence-corrected chi connectivity index (χ0v) is 27.2. The Bertz CT molecular complexity index is 1910. The Morgan fingerprint density at radius 2 is 1.71 bits per heavy atom. The van der Waals surface area contributed by atoms with Crippen LogP contribution >= 0.6 is 0 Å². The largest absolute Gasteiger partial charge is 0.419 e. The number of benzene rings is 3. The van der Waals surface area contributed by atoms with E-state index in [1.165, 1.54) is 0 Å². The van der Waals surface area contributed by atoms with Crippen molar-refractivity contribution < 1.29 is 14.0 Å². The van der Waals surface area contributed by atoms with Gasteiger partial charge in [0.25, 0.3) is 0 Å². The van der Waals surface area contributed by atoms with E-state index in [1.54, 1.807) is 11.0 Å². The van der Waals surface area contributed by atoms with Crippen LogP contribution < -0.4 is 16.8 Å². The highest BCUT2D eigenvalue weighted by molar-refractivity contribution is 5.93. The molecule has 7 rings (SSSR count). The van der Waals surface area contributed by atoms with E-state index in [4.69, 9.17) is 21.0 Å². The van der Waals surface area contributed by atoms with Crippen LogP contribution in [0.15, 0.2) is 71.7 Å². The second-order valence-electron chi connectivity index (χ2n) is 13.5. The smallest absolute Gasteiger partial charge is 0.248 e. The number of piperidine rings is 1. The SMILES string of the molecule is C=C(N)c1ccc2c(c1)CCc1cc(C(N)=O)ccc1C2(C[C@@H](C)NCC(=O)N1C(C#N)C[C@@H]2CC21)c1nnc(-c2ccc(C)cc2)o1. The molecular formula is C38H39N7O3. The lowest BCUT2D eigenvalue weighted by Gasteiger charge is -2.36. The number of nitriles is 1. The number of nitrogens with two attached hydrogens (primary N) is 2. The fourth-order valence-electron chi connectivity index (χ4n) is 7.76. The zero-order valence-electron chi connectivity index (χ0n) is 27.2. The van der Waals surface area contributed by atoms with Crippen LogP contribution in [-0.4, -0.2) is 51.6 Å². The molecule has 5 atom stereocenters. The highest BCUT2D eigenvalue weighted by Crippen LogP contribution is 2.49. The van der Waals surface area contributed by atoms with Gasteiger partial charge in [-0.05, 0) is 110 Å². The third kappa shape index (κ3) is 5.44. The van der Waals surface area contributed by atoms with E-state index in [0.29, 0.717) is 48.2 Å². The van der Waals surface area contributed by atoms with Crippen LogP contribution in [0.1, 0.15) is 75.8 Å². The maximum Gasteiger partial charge on any atom is 0.248 e. The molecule has 2 aliphatic carbocycles. The van der Waals surface area contributed by atoms with Gasteiger partial charge in [0, 0.05) is 28.9 Å². The Balaban J connectivity index is 1.34. The van der Waals surface area contributed by atoms with Crippen LogP contribution in [0.2, 0.25) is 0 Å². The average molecular weight is 642 g/mol. The molecule has 1 aliphatic heterocycles. The van der Waals surface area contributed by atoms with Crippen molar-refractivity contribution in [1.29, 1.82) is 5.26 Å². The van der Waals surface area contributed by atoms with Gasteiger partial charge in [-0.25, -0.2) is 0 Å². The van der Waals surface area contributed by atoms with E-state index in [2.05, 4.69) is 35.2 Å². The number of aryl methyl sites for hydroxylation is 3. The lowest BCUT2D eigenvalue weighted by Crippen LogP contribution is -2.46. The van der Waals surface area contributed by atoms with E-state index in [-0.39, 0.29) is 30.6 Å². The summed E-state index contributed by atoms with van der Waals surface area (Å²) in [6.45, 7) is 8.13. The fourth-order valence-corrected chi connectivity index (χ4v) is 7.76. The van der Waals surface area contributed by atoms with E-state index >= 15 is 0 Å². The van der Waals surface area contributed by atoms with Gasteiger partial charge in [0.1, 0.15) is 11.5 Å². The van der Waals surface area contributed by atoms with Gasteiger partial charge in [-0.1, -0.05) is 42.5 Å². The first-order valence-corrected chi connectivity index (χ1v) is 16.5. The number of rotatable bonds is 9. The fraction of sp³-hybridized carbons (Fsp3) is 0.342. The van der Waals surface area contributed by atoms with Crippen LogP contribution in [0, 0.1) is 24.2 Å². The number of hydrogen-bond donors (Lipinski definition) is 3. The molecule has 10 heteroatoms. The molecule has 4 aromatic rings. The zero-order chi connectivity index (χ0) is 33.7. The first-order valence-electron chi connectivity index (χ1n) is 16.5. The van der Waals surface area contributed by atoms with Crippen molar-refractivity contribution in [2.45, 2.75) is 69.5 Å². The van der Waals surface area contributed by atoms with Gasteiger partial charge in [-0.3, -0.25) is 9.59 Å². The Kier molecular flexibility index (Phi) is 7.88. The summed E-state index contributed by atoms with van der Waals surface area (Å²) in [5.41, 5.74) is 18.4. The van der Waals surface area contributed by atoms with Crippen LogP contribution in [-0.2, 0) is 23.1 Å². The second-order valence-corrected chi connectivity index (χ2v) is 13.5. The van der Waals surface area contributed by atoms with Gasteiger partial charge in [0.05, 0.1) is 12.6 Å². The number of carbonyl (C=O) groups excluding carboxylic acids is 2. The number of primary amides is 1. The van der Waals surface area contributed by atoms with E-state index in [9.17, 15) is 14.9 Å². The maximum atomic E-state index is 13.4. The monoisotopic (exact) mass is 641 g/mol. The molecule has 0 bridgehead atoms. The standard InChI is InChI=1S/C38H39N7O3/c1-21-4-6-24(7-5-21)36-43-44-37(48-36)38(18-22(2)42-20-34(46)45-30(19-39)16-29-17-33(29)45)31-12-10-25(23(3)40)14-26(31)8-9-27-15-28(35(41)47)11-13-32(27)38/h4-7,10-15,22,29-30,33,42H,3,8-9,16-18,20,40H2,1-2H3,(H2,41,47)/t22-,29-,30?,33?,38?/m1/s1. The second kappa shape index (κ2) is 12.1. The highest BCUT2D eigenvalue weighted by Gasteiger charge is 2.54. The number of amides is 2. The molecule has 1 saturated carbocycles. The Morgan fingerprint density at radius 3 is 2.35 bits per heavy atom. The highest BCUT2D eigenvalue weighted by atomic mass is 16.4. The topological polar surface area (TPSA) is 164 Å². The van der Waals surface area contributed by atoms with Crippen molar-refractivity contribution in [2.24, 2.45) is 17.4 Å². The molecule has 244 valence electrons. The van der Waals surface area contributed by atoms with Crippen molar-refractivity contribution >= 4 is 17.5 Å². The third-order valence-corrected chi connectivity index (χ3v) is 10.3. The van der Waals surface area contributed by atoms with Gasteiger partial charge in [0.2, 0.25) is 23.6 Å². The molecule has 2 heterocycles. The molecule has 2 fully saturated rings. The van der Waals surface area contributed by atoms with Crippen LogP contribution in [0.25, 0.3) is 17.2 Å². The number of nitrogens with one attached hydrogen (secondary N) is 1. The third-order valence-electron chi connectivity index (χ3n) is 10.3. The van der Waals surface area contributed by atoms with Crippen molar-refractivity contribution in [3.63, 3.8) is 0 Å². The van der Waals surface area contributed by atoms with Gasteiger partial charge in [-0.15, -0.1) is 10.2 Å². The predicted octanol–water partition coefficient (Wildman–Crippen LogP) is 4.39. The van der Waals surface area contributed by atoms with Gasteiger partial charge >= 0.3 is 0 Å². The molecule has 5 N–H and O–H groups in total. The lowest BCUT2D eigenvalue weighted by atomic mass is 9.68. The van der Waals surface area contributed by atoms with Crippen LogP contribution in [0.5, 0.6) is 0 Å². The van der Waals surface area contributed by atoms with Gasteiger partial charge in [0.15, 0.2) is 0 Å². The van der Waals surface area contributed by atoms with Crippen molar-refractivity contribution in [1.82, 2.24) is 20.4 Å². The summed E-state index contributed by atoms with van der Waals surface area (Å²) in [6.07, 6.45) is 3.48. The number of aromatic nitrogens is 2. The van der Waals surface area contributed by atoms with E-state index < -0.39 is 11.3 Å². The number of fused-ring (bicyclic) bond motifs is 3. The number of carbonyl (C=O) groups is 2. The van der Waals surface area contributed by atoms with Crippen LogP contribution in [0.3, 0.4) is 0 Å². The minimum Gasteiger partial charge on any atom is -0.419 e. The number of likely N-dealkylation sites (tertiary alicyclic amines) is 1. The van der Waals surface area contributed by atoms with Crippen molar-refractivity contribution in [3.05, 3.63) is 112 Å². The summed E-state index contributed by atoms with van der Waals surface area (Å²) >= 11 is 0. The molecular weight excluding hydrogens is 602 g/mol. The molecule has 1 aromatic heterocycles. The van der Waals surface area contributed by atoms with Crippen LogP contribution in [0.4, 0.5) is 0 Å². The molecule has 0 radical (unpaired) electrons. The predicted molar refractivity (Wildman–Crippen MR) is 181 cm³/mol. The molecule has 48 heavy (non-hydrogen) atoms. The normalized spacial score (nSPS) is 22.9. The Morgan fingerprint density at radius 1 is 1.04 bits per heavy atom. The molecule has 3 aliphatic rings. The summed E-state index contributed by atoms with van der Waals surface area (Å²) in [7, 11) is 0. The Hall–Kier alpha value is -5.27. The van der Waals surface area contributed by atoms with Crippen molar-refractivity contribution in [2.75, 3.05) is 6.54 Å². The van der Waals surface area contributed by atoms with Gasteiger partial charge < -0.3 is 26.1 Å². The minimum atomic E-state index is -0.971. The summed E-state index contributed by atoms with van der Waals surface area (Å²) in [5.74, 6) is 0.668. The summed E-state index contributed by atoms with van der Waals surface area (Å²) in [6, 6.07) is 21.5. The first kappa shape index (κ1) is 31.3. The molecule has 10 nitrogen and oxygen atoms in total. The summed E-state index contributed by atoms with van der Waals surface area (Å²) < 4.78 is 6.64. The van der Waals surface area contributed by atoms with Gasteiger partial charge in [-0.2, -0.15) is 5.26 Å². The number of hydrogen-bond acceptors (Lipinski definition) is 8.